The van der Waals surface area contributed by atoms with Crippen LogP contribution in [0.1, 0.15) is 50.7 Å². The average Bonchev–Trinajstić information content (AvgIpc) is 3.19. The van der Waals surface area contributed by atoms with E-state index in [1.54, 1.807) is 0 Å². The molecule has 0 spiro atoms. The van der Waals surface area contributed by atoms with E-state index in [0.717, 1.165) is 37.9 Å². The fraction of sp³-hybridized carbons (Fsp3) is 0.824. The van der Waals surface area contributed by atoms with Crippen LogP contribution < -0.4 is 0 Å². The molecule has 2 aliphatic rings. The van der Waals surface area contributed by atoms with Crippen LogP contribution in [0.3, 0.4) is 0 Å². The first-order valence-electron chi connectivity index (χ1n) is 8.60. The number of hydrogen-bond donors (Lipinski definition) is 0. The van der Waals surface area contributed by atoms with E-state index in [1.165, 1.54) is 25.8 Å². The van der Waals surface area contributed by atoms with Crippen LogP contribution in [-0.4, -0.2) is 60.2 Å². The number of likely N-dealkylation sites (N-methyl/N-ethyl adjacent to an activating group) is 1. The second-order valence-corrected chi connectivity index (χ2v) is 7.06. The van der Waals surface area contributed by atoms with E-state index in [1.807, 2.05) is 6.20 Å². The predicted octanol–water partition coefficient (Wildman–Crippen LogP) is 2.48. The van der Waals surface area contributed by atoms with Gasteiger partial charge in [0.2, 0.25) is 5.89 Å². The van der Waals surface area contributed by atoms with Gasteiger partial charge in [0, 0.05) is 31.7 Å². The van der Waals surface area contributed by atoms with Crippen LogP contribution in [0, 0.1) is 0 Å². The summed E-state index contributed by atoms with van der Waals surface area (Å²) in [5.74, 6) is 2.22. The van der Waals surface area contributed by atoms with Gasteiger partial charge in [-0.3, -0.25) is 9.80 Å². The Hall–Kier alpha value is -0.910. The zero-order valence-electron chi connectivity index (χ0n) is 14.1. The third-order valence-corrected chi connectivity index (χ3v) is 4.88. The Bertz CT molecular complexity index is 468. The number of aromatic nitrogens is 1. The Kier molecular flexibility index (Phi) is 5.16. The Labute approximate surface area is 133 Å². The molecule has 22 heavy (non-hydrogen) atoms. The number of oxazole rings is 1. The normalized spacial score (nSPS) is 26.6. The first-order valence-corrected chi connectivity index (χ1v) is 8.60. The summed E-state index contributed by atoms with van der Waals surface area (Å²) in [4.78, 5) is 9.34. The van der Waals surface area contributed by atoms with Crippen molar-refractivity contribution in [1.82, 2.24) is 14.8 Å². The summed E-state index contributed by atoms with van der Waals surface area (Å²) in [5.41, 5.74) is 0. The minimum absolute atomic E-state index is 0.403. The molecule has 2 aliphatic heterocycles. The van der Waals surface area contributed by atoms with Crippen LogP contribution in [0.4, 0.5) is 0 Å². The van der Waals surface area contributed by atoms with Gasteiger partial charge >= 0.3 is 0 Å². The van der Waals surface area contributed by atoms with Crippen LogP contribution in [0.25, 0.3) is 0 Å². The Morgan fingerprint density at radius 2 is 2.27 bits per heavy atom. The third kappa shape index (κ3) is 3.89. The van der Waals surface area contributed by atoms with E-state index in [4.69, 9.17) is 9.15 Å². The molecule has 5 nitrogen and oxygen atoms in total. The molecule has 2 unspecified atom stereocenters. The third-order valence-electron chi connectivity index (χ3n) is 4.88. The quantitative estimate of drug-likeness (QED) is 0.807. The highest BCUT2D eigenvalue weighted by atomic mass is 16.5. The Morgan fingerprint density at radius 1 is 1.41 bits per heavy atom. The topological polar surface area (TPSA) is 41.7 Å². The van der Waals surface area contributed by atoms with Crippen molar-refractivity contribution in [3.63, 3.8) is 0 Å². The number of hydrogen-bond acceptors (Lipinski definition) is 5. The van der Waals surface area contributed by atoms with Crippen LogP contribution in [0.15, 0.2) is 10.6 Å². The first-order chi connectivity index (χ1) is 10.6. The monoisotopic (exact) mass is 307 g/mol. The van der Waals surface area contributed by atoms with Crippen LogP contribution in [0.2, 0.25) is 0 Å². The molecule has 0 aromatic carbocycles. The maximum Gasteiger partial charge on any atom is 0.208 e. The van der Waals surface area contributed by atoms with Crippen molar-refractivity contribution in [2.75, 3.05) is 33.3 Å². The molecule has 2 atom stereocenters. The highest BCUT2D eigenvalue weighted by Crippen LogP contribution is 2.21. The van der Waals surface area contributed by atoms with Crippen molar-refractivity contribution in [1.29, 1.82) is 0 Å². The smallest absolute Gasteiger partial charge is 0.208 e. The summed E-state index contributed by atoms with van der Waals surface area (Å²) < 4.78 is 11.6. The highest BCUT2D eigenvalue weighted by Gasteiger charge is 2.29. The van der Waals surface area contributed by atoms with Gasteiger partial charge in [-0.2, -0.15) is 0 Å². The van der Waals surface area contributed by atoms with Crippen LogP contribution in [0.5, 0.6) is 0 Å². The van der Waals surface area contributed by atoms with Gasteiger partial charge in [-0.15, -0.1) is 0 Å². The van der Waals surface area contributed by atoms with E-state index in [-0.39, 0.29) is 0 Å². The molecule has 3 rings (SSSR count). The van der Waals surface area contributed by atoms with Gasteiger partial charge in [0.1, 0.15) is 5.76 Å². The lowest BCUT2D eigenvalue weighted by Gasteiger charge is -2.24. The minimum Gasteiger partial charge on any atom is -0.444 e. The van der Waals surface area contributed by atoms with E-state index in [9.17, 15) is 0 Å². The molecule has 0 N–H and O–H groups in total. The molecule has 0 amide bonds. The van der Waals surface area contributed by atoms with Gasteiger partial charge in [0.25, 0.3) is 0 Å². The zero-order valence-corrected chi connectivity index (χ0v) is 14.1. The summed E-state index contributed by atoms with van der Waals surface area (Å²) in [6, 6.07) is 0.593. The van der Waals surface area contributed by atoms with Crippen LogP contribution in [-0.2, 0) is 11.3 Å². The summed E-state index contributed by atoms with van der Waals surface area (Å²) in [6.45, 7) is 9.42. The van der Waals surface area contributed by atoms with E-state index in [0.29, 0.717) is 18.1 Å². The second-order valence-electron chi connectivity index (χ2n) is 7.06. The summed E-state index contributed by atoms with van der Waals surface area (Å²) in [6.07, 6.45) is 6.01. The Morgan fingerprint density at radius 3 is 2.95 bits per heavy atom. The predicted molar refractivity (Wildman–Crippen MR) is 85.9 cm³/mol. The van der Waals surface area contributed by atoms with E-state index >= 15 is 0 Å². The molecular weight excluding hydrogens is 278 g/mol. The minimum atomic E-state index is 0.403. The van der Waals surface area contributed by atoms with Crippen molar-refractivity contribution in [3.05, 3.63) is 17.8 Å². The van der Waals surface area contributed by atoms with Crippen molar-refractivity contribution in [2.24, 2.45) is 0 Å². The summed E-state index contributed by atoms with van der Waals surface area (Å²) >= 11 is 0. The molecule has 5 heteroatoms. The van der Waals surface area contributed by atoms with Crippen molar-refractivity contribution in [2.45, 2.75) is 57.7 Å². The lowest BCUT2D eigenvalue weighted by atomic mass is 10.2. The lowest BCUT2D eigenvalue weighted by Crippen LogP contribution is -2.36. The molecule has 124 valence electrons. The van der Waals surface area contributed by atoms with E-state index < -0.39 is 0 Å². The molecule has 0 aliphatic carbocycles. The average molecular weight is 307 g/mol. The SMILES string of the molecule is CC(C)c1cnc(CN(C)C2CCN(CC3CCCO3)C2)o1. The van der Waals surface area contributed by atoms with Gasteiger partial charge in [0.05, 0.1) is 18.8 Å². The molecule has 0 bridgehead atoms. The molecule has 1 aromatic heterocycles. The molecular formula is C17H29N3O2. The summed E-state index contributed by atoms with van der Waals surface area (Å²) in [7, 11) is 2.18. The fourth-order valence-corrected chi connectivity index (χ4v) is 3.42. The molecule has 2 fully saturated rings. The number of rotatable bonds is 6. The maximum absolute atomic E-state index is 5.82. The number of ether oxygens (including phenoxy) is 1. The number of likely N-dealkylation sites (tertiary alicyclic amines) is 1. The van der Waals surface area contributed by atoms with Gasteiger partial charge < -0.3 is 9.15 Å². The van der Waals surface area contributed by atoms with Gasteiger partial charge in [-0.25, -0.2) is 4.98 Å². The van der Waals surface area contributed by atoms with Crippen molar-refractivity contribution >= 4 is 0 Å². The van der Waals surface area contributed by atoms with Crippen LogP contribution >= 0.6 is 0 Å². The molecule has 0 radical (unpaired) electrons. The maximum atomic E-state index is 5.82. The molecule has 1 aromatic rings. The zero-order chi connectivity index (χ0) is 15.5. The Balaban J connectivity index is 1.47. The summed E-state index contributed by atoms with van der Waals surface area (Å²) in [5, 5.41) is 0. The molecule has 3 heterocycles. The van der Waals surface area contributed by atoms with Gasteiger partial charge in [-0.1, -0.05) is 13.8 Å². The fourth-order valence-electron chi connectivity index (χ4n) is 3.42. The number of nitrogens with zero attached hydrogens (tertiary/aromatic N) is 3. The van der Waals surface area contributed by atoms with Crippen molar-refractivity contribution in [3.8, 4) is 0 Å². The second kappa shape index (κ2) is 7.11. The molecule has 0 saturated carbocycles. The van der Waals surface area contributed by atoms with Gasteiger partial charge in [0.15, 0.2) is 0 Å². The largest absolute Gasteiger partial charge is 0.444 e. The van der Waals surface area contributed by atoms with Gasteiger partial charge in [-0.05, 0) is 32.9 Å². The first kappa shape index (κ1) is 16.0. The van der Waals surface area contributed by atoms with E-state index in [2.05, 4.69) is 35.7 Å². The van der Waals surface area contributed by atoms with Crippen molar-refractivity contribution < 1.29 is 9.15 Å². The molecule has 2 saturated heterocycles. The standard InChI is InChI=1S/C17H29N3O2/c1-13(2)16-9-18-17(22-16)12-19(3)14-6-7-20(10-14)11-15-5-4-8-21-15/h9,13-15H,4-8,10-12H2,1-3H3. The highest BCUT2D eigenvalue weighted by molar-refractivity contribution is 4.99. The lowest BCUT2D eigenvalue weighted by molar-refractivity contribution is 0.0778.